The van der Waals surface area contributed by atoms with E-state index >= 15 is 0 Å². The topological polar surface area (TPSA) is 24.4 Å². The molecule has 1 unspecified atom stereocenters. The van der Waals surface area contributed by atoms with Crippen molar-refractivity contribution in [3.05, 3.63) is 29.8 Å². The molecule has 1 aliphatic rings. The monoisotopic (exact) mass is 248 g/mol. The van der Waals surface area contributed by atoms with Crippen molar-refractivity contribution in [2.24, 2.45) is 4.99 Å². The second-order valence-corrected chi connectivity index (χ2v) is 4.00. The first-order chi connectivity index (χ1) is 7.34. The van der Waals surface area contributed by atoms with Crippen LogP contribution in [0.5, 0.6) is 0 Å². The fourth-order valence-electron chi connectivity index (χ4n) is 1.63. The van der Waals surface area contributed by atoms with Crippen molar-refractivity contribution >= 4 is 22.6 Å². The Morgan fingerprint density at radius 1 is 1.31 bits per heavy atom. The summed E-state index contributed by atoms with van der Waals surface area (Å²) >= 11 is 5.57. The van der Waals surface area contributed by atoms with Gasteiger partial charge in [-0.3, -0.25) is 0 Å². The van der Waals surface area contributed by atoms with E-state index in [-0.39, 0.29) is 10.9 Å². The summed E-state index contributed by atoms with van der Waals surface area (Å²) in [5.74, 6) is 0. The number of rotatable bonds is 0. The van der Waals surface area contributed by atoms with E-state index in [0.29, 0.717) is 5.69 Å². The first-order valence-electron chi connectivity index (χ1n) is 4.53. The molecule has 0 fully saturated rings. The average Bonchev–Trinajstić information content (AvgIpc) is 2.15. The molecule has 86 valence electrons. The zero-order valence-electron chi connectivity index (χ0n) is 8.27. The van der Waals surface area contributed by atoms with Gasteiger partial charge in [0.25, 0.3) is 0 Å². The maximum Gasteiger partial charge on any atom is 0.417 e. The number of anilines is 1. The minimum atomic E-state index is -4.48. The number of hydrogen-bond acceptors (Lipinski definition) is 2. The summed E-state index contributed by atoms with van der Waals surface area (Å²) in [5, 5.41) is 2.35. The lowest BCUT2D eigenvalue weighted by molar-refractivity contribution is -0.183. The van der Waals surface area contributed by atoms with Crippen LogP contribution < -0.4 is 5.32 Å². The van der Waals surface area contributed by atoms with Gasteiger partial charge in [0.1, 0.15) is 0 Å². The normalized spacial score (nSPS) is 24.4. The Balaban J connectivity index is 2.65. The molecule has 2 rings (SSSR count). The molecule has 16 heavy (non-hydrogen) atoms. The number of nitrogens with zero attached hydrogens (tertiary/aromatic N) is 1. The highest BCUT2D eigenvalue weighted by atomic mass is 35.5. The SMILES string of the molecule is CC1(C(F)(F)F)N=C(Cl)Nc2ccccc21. The molecule has 2 nitrogen and oxygen atoms in total. The number of alkyl halides is 3. The molecule has 0 aromatic heterocycles. The van der Waals surface area contributed by atoms with Gasteiger partial charge in [-0.25, -0.2) is 4.99 Å². The van der Waals surface area contributed by atoms with Crippen LogP contribution in [-0.4, -0.2) is 11.5 Å². The minimum Gasteiger partial charge on any atom is -0.330 e. The lowest BCUT2D eigenvalue weighted by Crippen LogP contribution is -2.41. The highest BCUT2D eigenvalue weighted by molar-refractivity contribution is 6.67. The second-order valence-electron chi connectivity index (χ2n) is 3.64. The average molecular weight is 249 g/mol. The van der Waals surface area contributed by atoms with Crippen LogP contribution >= 0.6 is 11.6 Å². The number of fused-ring (bicyclic) bond motifs is 1. The van der Waals surface area contributed by atoms with Gasteiger partial charge >= 0.3 is 6.18 Å². The van der Waals surface area contributed by atoms with E-state index in [1.807, 2.05) is 0 Å². The molecular weight excluding hydrogens is 241 g/mol. The third kappa shape index (κ3) is 1.55. The fourth-order valence-corrected chi connectivity index (χ4v) is 1.90. The summed E-state index contributed by atoms with van der Waals surface area (Å²) in [6, 6.07) is 6.11. The molecule has 1 atom stereocenters. The van der Waals surface area contributed by atoms with Crippen LogP contribution in [0.25, 0.3) is 0 Å². The molecular formula is C10H8ClF3N2. The molecule has 0 bridgehead atoms. The van der Waals surface area contributed by atoms with Crippen LogP contribution in [-0.2, 0) is 5.54 Å². The molecule has 6 heteroatoms. The van der Waals surface area contributed by atoms with Crippen LogP contribution in [0.2, 0.25) is 0 Å². The van der Waals surface area contributed by atoms with Gasteiger partial charge in [0.2, 0.25) is 0 Å². The van der Waals surface area contributed by atoms with Crippen molar-refractivity contribution in [3.63, 3.8) is 0 Å². The van der Waals surface area contributed by atoms with Gasteiger partial charge in [-0.05, 0) is 24.6 Å². The number of benzene rings is 1. The van der Waals surface area contributed by atoms with Crippen molar-refractivity contribution in [2.75, 3.05) is 5.32 Å². The van der Waals surface area contributed by atoms with Crippen molar-refractivity contribution in [1.29, 1.82) is 0 Å². The maximum atomic E-state index is 13.0. The number of aliphatic imine (C=N–C) groups is 1. The molecule has 0 amide bonds. The predicted octanol–water partition coefficient (Wildman–Crippen LogP) is 3.48. The van der Waals surface area contributed by atoms with Gasteiger partial charge in [0.05, 0.1) is 0 Å². The predicted molar refractivity (Wildman–Crippen MR) is 56.8 cm³/mol. The molecule has 0 saturated carbocycles. The Morgan fingerprint density at radius 2 is 1.94 bits per heavy atom. The van der Waals surface area contributed by atoms with Gasteiger partial charge in [-0.15, -0.1) is 0 Å². The van der Waals surface area contributed by atoms with Crippen LogP contribution in [0.3, 0.4) is 0 Å². The van der Waals surface area contributed by atoms with Crippen molar-refractivity contribution in [2.45, 2.75) is 18.6 Å². The first-order valence-corrected chi connectivity index (χ1v) is 4.91. The molecule has 1 aromatic rings. The van der Waals surface area contributed by atoms with E-state index in [0.717, 1.165) is 6.92 Å². The Labute approximate surface area is 95.1 Å². The molecule has 1 heterocycles. The molecule has 1 N–H and O–H groups in total. The summed E-state index contributed by atoms with van der Waals surface area (Å²) in [5.41, 5.74) is -1.87. The number of hydrogen-bond donors (Lipinski definition) is 1. The lowest BCUT2D eigenvalue weighted by Gasteiger charge is -2.33. The second kappa shape index (κ2) is 3.38. The summed E-state index contributed by atoms with van der Waals surface area (Å²) < 4.78 is 39.0. The summed E-state index contributed by atoms with van der Waals surface area (Å²) in [7, 11) is 0. The number of nitrogens with one attached hydrogen (secondary N) is 1. The Kier molecular flexibility index (Phi) is 2.38. The Bertz CT molecular complexity index is 456. The molecule has 1 aliphatic heterocycles. The van der Waals surface area contributed by atoms with Crippen LogP contribution in [0.15, 0.2) is 29.3 Å². The maximum absolute atomic E-state index is 13.0. The highest BCUT2D eigenvalue weighted by Gasteiger charge is 2.55. The molecule has 0 spiro atoms. The number of para-hydroxylation sites is 1. The van der Waals surface area contributed by atoms with E-state index in [1.165, 1.54) is 12.1 Å². The van der Waals surface area contributed by atoms with E-state index in [1.54, 1.807) is 12.1 Å². The van der Waals surface area contributed by atoms with E-state index < -0.39 is 11.7 Å². The lowest BCUT2D eigenvalue weighted by atomic mass is 9.89. The smallest absolute Gasteiger partial charge is 0.330 e. The fraction of sp³-hybridized carbons (Fsp3) is 0.300. The van der Waals surface area contributed by atoms with Crippen molar-refractivity contribution in [1.82, 2.24) is 0 Å². The molecule has 0 aliphatic carbocycles. The summed E-state index contributed by atoms with van der Waals surface area (Å²) in [6.45, 7) is 1.01. The standard InChI is InChI=1S/C10H8ClF3N2/c1-9(10(12,13)14)6-4-2-3-5-7(6)15-8(11)16-9/h2-5H,1H3,(H,15,16). The minimum absolute atomic E-state index is 0.0758. The van der Waals surface area contributed by atoms with Crippen molar-refractivity contribution in [3.8, 4) is 0 Å². The third-order valence-corrected chi connectivity index (χ3v) is 2.74. The quantitative estimate of drug-likeness (QED) is 0.699. The zero-order valence-corrected chi connectivity index (χ0v) is 9.02. The molecule has 0 radical (unpaired) electrons. The largest absolute Gasteiger partial charge is 0.417 e. The Hall–Kier alpha value is -1.23. The summed E-state index contributed by atoms with van der Waals surface area (Å²) in [6.07, 6.45) is -4.48. The highest BCUT2D eigenvalue weighted by Crippen LogP contribution is 2.46. The molecule has 0 saturated heterocycles. The van der Waals surface area contributed by atoms with Crippen LogP contribution in [0.4, 0.5) is 18.9 Å². The number of amidine groups is 1. The van der Waals surface area contributed by atoms with Gasteiger partial charge in [0, 0.05) is 11.3 Å². The third-order valence-electron chi connectivity index (χ3n) is 2.56. The number of halogens is 4. The Morgan fingerprint density at radius 3 is 2.56 bits per heavy atom. The summed E-state index contributed by atoms with van der Waals surface area (Å²) in [4.78, 5) is 3.47. The van der Waals surface area contributed by atoms with Crippen LogP contribution in [0, 0.1) is 0 Å². The van der Waals surface area contributed by atoms with Crippen LogP contribution in [0.1, 0.15) is 12.5 Å². The zero-order chi connectivity index (χ0) is 12.0. The van der Waals surface area contributed by atoms with E-state index in [2.05, 4.69) is 10.3 Å². The van der Waals surface area contributed by atoms with Gasteiger partial charge in [-0.1, -0.05) is 18.2 Å². The van der Waals surface area contributed by atoms with Gasteiger partial charge in [0.15, 0.2) is 10.8 Å². The van der Waals surface area contributed by atoms with Gasteiger partial charge < -0.3 is 5.32 Å². The first kappa shape index (κ1) is 11.3. The van der Waals surface area contributed by atoms with Gasteiger partial charge in [-0.2, -0.15) is 13.2 Å². The molecule has 1 aromatic carbocycles. The van der Waals surface area contributed by atoms with E-state index in [4.69, 9.17) is 11.6 Å². The van der Waals surface area contributed by atoms with E-state index in [9.17, 15) is 13.2 Å². The van der Waals surface area contributed by atoms with Crippen molar-refractivity contribution < 1.29 is 13.2 Å².